The molecule has 4 aliphatic rings. The van der Waals surface area contributed by atoms with E-state index < -0.39 is 0 Å². The molecule has 230 valence electrons. The molecule has 3 saturated carbocycles. The number of rotatable bonds is 10. The zero-order valence-electron chi connectivity index (χ0n) is 27.2. The number of allylic oxidation sites excluding steroid dienone is 3. The monoisotopic (exact) mass is 572 g/mol. The van der Waals surface area contributed by atoms with Crippen molar-refractivity contribution >= 4 is 5.97 Å². The molecule has 0 aromatic heterocycles. The van der Waals surface area contributed by atoms with Crippen LogP contribution in [0.2, 0.25) is 0 Å². The van der Waals surface area contributed by atoms with E-state index in [-0.39, 0.29) is 17.5 Å². The average Bonchev–Trinajstić information content (AvgIpc) is 3.34. The lowest BCUT2D eigenvalue weighted by molar-refractivity contribution is -0.0565. The van der Waals surface area contributed by atoms with Crippen LogP contribution in [0.4, 0.5) is 0 Å². The molecule has 3 fully saturated rings. The Morgan fingerprint density at radius 3 is 2.48 bits per heavy atom. The maximum atomic E-state index is 13.0. The van der Waals surface area contributed by atoms with E-state index in [4.69, 9.17) is 9.47 Å². The number of esters is 1. The van der Waals surface area contributed by atoms with E-state index in [2.05, 4.69) is 66.3 Å². The summed E-state index contributed by atoms with van der Waals surface area (Å²) in [7, 11) is 0. The Morgan fingerprint density at radius 2 is 1.79 bits per heavy atom. The molecule has 5 rings (SSSR count). The van der Waals surface area contributed by atoms with Gasteiger partial charge in [-0.1, -0.05) is 78.0 Å². The molecule has 0 saturated heterocycles. The van der Waals surface area contributed by atoms with Gasteiger partial charge in [-0.2, -0.15) is 0 Å². The Bertz CT molecular complexity index is 1160. The first-order chi connectivity index (χ1) is 20.1. The fourth-order valence-electron chi connectivity index (χ4n) is 9.98. The van der Waals surface area contributed by atoms with E-state index in [1.165, 1.54) is 38.5 Å². The predicted molar refractivity (Wildman–Crippen MR) is 173 cm³/mol. The van der Waals surface area contributed by atoms with Gasteiger partial charge in [0.2, 0.25) is 0 Å². The highest BCUT2D eigenvalue weighted by Gasteiger charge is 2.59. The molecular weight excluding hydrogens is 516 g/mol. The summed E-state index contributed by atoms with van der Waals surface area (Å²) < 4.78 is 11.6. The van der Waals surface area contributed by atoms with Gasteiger partial charge >= 0.3 is 5.97 Å². The smallest absolute Gasteiger partial charge is 0.338 e. The lowest BCUT2D eigenvalue weighted by Gasteiger charge is -2.58. The Labute approximate surface area is 256 Å². The minimum Gasteiger partial charge on any atom is -0.490 e. The standard InChI is InChI=1S/C39H56O3/c1-8-24-41-31-15-12-29(13-16-31)37(40)42-32-20-22-38(6)30(25-32)14-17-33-35-19-18-34(39(35,7)23-21-36(33)38)27(5)10-11-28(9-2)26(3)4/h8,10-16,26-28,32-36H,1,9,17-25H2,2-7H3/b11-10+/t27-,28-,32-,33+,34+,35-,36+,38+,39-/m1/s1. The fourth-order valence-corrected chi connectivity index (χ4v) is 9.98. The second-order valence-corrected chi connectivity index (χ2v) is 14.9. The first-order valence-electron chi connectivity index (χ1n) is 17.0. The van der Waals surface area contributed by atoms with E-state index in [0.29, 0.717) is 29.4 Å². The summed E-state index contributed by atoms with van der Waals surface area (Å²) in [6.45, 7) is 18.9. The van der Waals surface area contributed by atoms with E-state index >= 15 is 0 Å². The first-order valence-corrected chi connectivity index (χ1v) is 17.0. The average molecular weight is 573 g/mol. The Kier molecular flexibility index (Phi) is 9.45. The zero-order valence-corrected chi connectivity index (χ0v) is 27.2. The fraction of sp³-hybridized carbons (Fsp3) is 0.667. The third-order valence-electron chi connectivity index (χ3n) is 12.5. The highest BCUT2D eigenvalue weighted by atomic mass is 16.5. The third kappa shape index (κ3) is 5.91. The molecule has 42 heavy (non-hydrogen) atoms. The second kappa shape index (κ2) is 12.7. The SMILES string of the molecule is C=CCOc1ccc(C(=O)O[C@@H]2CC[C@@]3(C)C(=CC[C@H]4[C@H]5CC[C@@H]([C@H](C)/C=C/[C@@H](CC)C(C)C)[C@@]5(C)CC[C@@H]43)C2)cc1. The van der Waals surface area contributed by atoms with Crippen LogP contribution in [0.1, 0.15) is 110 Å². The molecule has 9 atom stereocenters. The van der Waals surface area contributed by atoms with Crippen molar-refractivity contribution in [2.45, 2.75) is 105 Å². The van der Waals surface area contributed by atoms with Crippen LogP contribution in [-0.4, -0.2) is 18.7 Å². The minimum absolute atomic E-state index is 0.0276. The molecule has 0 unspecified atom stereocenters. The largest absolute Gasteiger partial charge is 0.490 e. The van der Waals surface area contributed by atoms with Crippen molar-refractivity contribution in [3.8, 4) is 5.75 Å². The molecule has 0 radical (unpaired) electrons. The molecule has 1 aromatic rings. The quantitative estimate of drug-likeness (QED) is 0.207. The highest BCUT2D eigenvalue weighted by Crippen LogP contribution is 2.67. The van der Waals surface area contributed by atoms with Gasteiger partial charge < -0.3 is 9.47 Å². The van der Waals surface area contributed by atoms with Crippen molar-refractivity contribution in [1.29, 1.82) is 0 Å². The van der Waals surface area contributed by atoms with Crippen LogP contribution in [0.15, 0.2) is 60.7 Å². The maximum Gasteiger partial charge on any atom is 0.338 e. The molecule has 3 heteroatoms. The van der Waals surface area contributed by atoms with Crippen molar-refractivity contribution in [2.75, 3.05) is 6.61 Å². The summed E-state index contributed by atoms with van der Waals surface area (Å²) in [6, 6.07) is 7.26. The molecule has 0 bridgehead atoms. The van der Waals surface area contributed by atoms with Gasteiger partial charge in [-0.15, -0.1) is 0 Å². The van der Waals surface area contributed by atoms with Crippen LogP contribution in [0.5, 0.6) is 5.75 Å². The van der Waals surface area contributed by atoms with Crippen LogP contribution in [0, 0.1) is 52.3 Å². The second-order valence-electron chi connectivity index (χ2n) is 14.9. The molecule has 0 heterocycles. The van der Waals surface area contributed by atoms with Gasteiger partial charge in [0, 0.05) is 6.42 Å². The number of hydrogen-bond acceptors (Lipinski definition) is 3. The predicted octanol–water partition coefficient (Wildman–Crippen LogP) is 10.2. The topological polar surface area (TPSA) is 35.5 Å². The van der Waals surface area contributed by atoms with Crippen molar-refractivity contribution in [3.63, 3.8) is 0 Å². The maximum absolute atomic E-state index is 13.0. The molecule has 3 nitrogen and oxygen atoms in total. The molecule has 4 aliphatic carbocycles. The summed E-state index contributed by atoms with van der Waals surface area (Å²) in [4.78, 5) is 13.0. The minimum atomic E-state index is -0.222. The van der Waals surface area contributed by atoms with Crippen molar-refractivity contribution in [1.82, 2.24) is 0 Å². The van der Waals surface area contributed by atoms with E-state index in [0.717, 1.165) is 54.6 Å². The van der Waals surface area contributed by atoms with Gasteiger partial charge in [0.15, 0.2) is 0 Å². The number of ether oxygens (including phenoxy) is 2. The number of fused-ring (bicyclic) bond motifs is 5. The lowest BCUT2D eigenvalue weighted by atomic mass is 9.47. The number of carbonyl (C=O) groups excluding carboxylic acids is 1. The Hall–Kier alpha value is -2.29. The molecule has 1 aromatic carbocycles. The first kappa shape index (κ1) is 31.1. The summed E-state index contributed by atoms with van der Waals surface area (Å²) in [5.41, 5.74) is 2.88. The van der Waals surface area contributed by atoms with Crippen LogP contribution >= 0.6 is 0 Å². The third-order valence-corrected chi connectivity index (χ3v) is 12.5. The lowest BCUT2D eigenvalue weighted by Crippen LogP contribution is -2.51. The highest BCUT2D eigenvalue weighted by molar-refractivity contribution is 5.89. The summed E-state index contributed by atoms with van der Waals surface area (Å²) in [6.07, 6.45) is 20.4. The number of carbonyl (C=O) groups is 1. The number of benzene rings is 1. The molecule has 0 spiro atoms. The zero-order chi connectivity index (χ0) is 30.1. The van der Waals surface area contributed by atoms with Crippen LogP contribution in [0.3, 0.4) is 0 Å². The van der Waals surface area contributed by atoms with Gasteiger partial charge in [-0.3, -0.25) is 0 Å². The Morgan fingerprint density at radius 1 is 1.02 bits per heavy atom. The number of hydrogen-bond donors (Lipinski definition) is 0. The van der Waals surface area contributed by atoms with Gasteiger partial charge in [0.25, 0.3) is 0 Å². The molecule has 0 amide bonds. The van der Waals surface area contributed by atoms with Gasteiger partial charge in [-0.05, 0) is 128 Å². The van der Waals surface area contributed by atoms with Gasteiger partial charge in [0.05, 0.1) is 5.56 Å². The summed E-state index contributed by atoms with van der Waals surface area (Å²) >= 11 is 0. The molecule has 0 aliphatic heterocycles. The van der Waals surface area contributed by atoms with Gasteiger partial charge in [0.1, 0.15) is 18.5 Å². The van der Waals surface area contributed by atoms with Crippen LogP contribution < -0.4 is 4.74 Å². The van der Waals surface area contributed by atoms with Crippen LogP contribution in [-0.2, 0) is 4.74 Å². The molecule has 0 N–H and O–H groups in total. The van der Waals surface area contributed by atoms with E-state index in [1.807, 2.05) is 12.1 Å². The van der Waals surface area contributed by atoms with Crippen molar-refractivity contribution < 1.29 is 14.3 Å². The Balaban J connectivity index is 1.23. The van der Waals surface area contributed by atoms with Gasteiger partial charge in [-0.25, -0.2) is 4.79 Å². The van der Waals surface area contributed by atoms with Crippen LogP contribution in [0.25, 0.3) is 0 Å². The van der Waals surface area contributed by atoms with E-state index in [9.17, 15) is 4.79 Å². The normalized spacial score (nSPS) is 35.5. The molecular formula is C39H56O3. The summed E-state index contributed by atoms with van der Waals surface area (Å²) in [5, 5.41) is 0. The summed E-state index contributed by atoms with van der Waals surface area (Å²) in [5.74, 6) is 5.82. The van der Waals surface area contributed by atoms with E-state index in [1.54, 1.807) is 23.8 Å². The van der Waals surface area contributed by atoms with Crippen molar-refractivity contribution in [2.24, 2.45) is 52.3 Å². The van der Waals surface area contributed by atoms with Crippen molar-refractivity contribution in [3.05, 3.63) is 66.3 Å².